The van der Waals surface area contributed by atoms with Gasteiger partial charge in [-0.05, 0) is 37.7 Å². The summed E-state index contributed by atoms with van der Waals surface area (Å²) < 4.78 is 13.0. The van der Waals surface area contributed by atoms with E-state index < -0.39 is 0 Å². The van der Waals surface area contributed by atoms with Crippen molar-refractivity contribution >= 4 is 0 Å². The van der Waals surface area contributed by atoms with E-state index in [9.17, 15) is 4.39 Å². The predicted molar refractivity (Wildman–Crippen MR) is 76.4 cm³/mol. The summed E-state index contributed by atoms with van der Waals surface area (Å²) in [5, 5.41) is 0. The molecule has 1 fully saturated rings. The van der Waals surface area contributed by atoms with Crippen LogP contribution in [0.4, 0.5) is 4.39 Å². The second kappa shape index (κ2) is 5.99. The summed E-state index contributed by atoms with van der Waals surface area (Å²) in [5.74, 6) is 0.435. The third-order valence-corrected chi connectivity index (χ3v) is 4.18. The highest BCUT2D eigenvalue weighted by Gasteiger charge is 2.34. The number of hydrogen-bond acceptors (Lipinski definition) is 3. The van der Waals surface area contributed by atoms with Gasteiger partial charge >= 0.3 is 0 Å². The highest BCUT2D eigenvalue weighted by Crippen LogP contribution is 2.28. The van der Waals surface area contributed by atoms with Gasteiger partial charge in [0.15, 0.2) is 0 Å². The molecular formula is C15H24FN3. The Labute approximate surface area is 115 Å². The molecule has 1 aliphatic rings. The van der Waals surface area contributed by atoms with Crippen LogP contribution in [0.15, 0.2) is 24.3 Å². The molecule has 2 N–H and O–H groups in total. The second-order valence-electron chi connectivity index (χ2n) is 5.77. The number of benzene rings is 1. The zero-order chi connectivity index (χ0) is 14.0. The molecule has 0 radical (unpaired) electrons. The van der Waals surface area contributed by atoms with Gasteiger partial charge in [0.25, 0.3) is 0 Å². The molecule has 106 valence electrons. The van der Waals surface area contributed by atoms with Gasteiger partial charge in [-0.25, -0.2) is 4.39 Å². The van der Waals surface area contributed by atoms with Crippen molar-refractivity contribution in [1.82, 2.24) is 9.80 Å². The number of rotatable bonds is 4. The minimum absolute atomic E-state index is 0.188. The van der Waals surface area contributed by atoms with Gasteiger partial charge in [-0.15, -0.1) is 0 Å². The first-order valence-corrected chi connectivity index (χ1v) is 6.89. The van der Waals surface area contributed by atoms with E-state index in [2.05, 4.69) is 30.8 Å². The van der Waals surface area contributed by atoms with Crippen molar-refractivity contribution in [3.05, 3.63) is 35.6 Å². The topological polar surface area (TPSA) is 32.5 Å². The molecule has 2 rings (SSSR count). The highest BCUT2D eigenvalue weighted by atomic mass is 19.1. The maximum absolute atomic E-state index is 13.0. The van der Waals surface area contributed by atoms with Gasteiger partial charge in [-0.3, -0.25) is 4.90 Å². The maximum Gasteiger partial charge on any atom is 0.123 e. The maximum atomic E-state index is 13.0. The predicted octanol–water partition coefficient (Wildman–Crippen LogP) is 1.71. The lowest BCUT2D eigenvalue weighted by atomic mass is 10.1. The van der Waals surface area contributed by atoms with Crippen LogP contribution in [-0.2, 0) is 0 Å². The van der Waals surface area contributed by atoms with Crippen molar-refractivity contribution in [2.75, 3.05) is 33.7 Å². The number of nitrogens with two attached hydrogens (primary N) is 1. The van der Waals surface area contributed by atoms with E-state index >= 15 is 0 Å². The Morgan fingerprint density at radius 3 is 2.42 bits per heavy atom. The summed E-state index contributed by atoms with van der Waals surface area (Å²) in [6.45, 7) is 4.91. The van der Waals surface area contributed by atoms with Crippen molar-refractivity contribution < 1.29 is 4.39 Å². The van der Waals surface area contributed by atoms with Crippen LogP contribution < -0.4 is 5.73 Å². The van der Waals surface area contributed by atoms with Gasteiger partial charge in [0.2, 0.25) is 0 Å². The largest absolute Gasteiger partial charge is 0.329 e. The summed E-state index contributed by atoms with van der Waals surface area (Å²) >= 11 is 0. The number of likely N-dealkylation sites (N-methyl/N-ethyl adjacent to an activating group) is 1. The summed E-state index contributed by atoms with van der Waals surface area (Å²) in [6, 6.07) is 7.48. The van der Waals surface area contributed by atoms with Gasteiger partial charge < -0.3 is 10.6 Å². The van der Waals surface area contributed by atoms with Crippen LogP contribution in [-0.4, -0.2) is 49.6 Å². The Morgan fingerprint density at radius 1 is 1.32 bits per heavy atom. The van der Waals surface area contributed by atoms with E-state index in [1.54, 1.807) is 0 Å². The Morgan fingerprint density at radius 2 is 1.95 bits per heavy atom. The van der Waals surface area contributed by atoms with Crippen LogP contribution in [0.2, 0.25) is 0 Å². The molecule has 3 unspecified atom stereocenters. The molecule has 0 bridgehead atoms. The van der Waals surface area contributed by atoms with Crippen molar-refractivity contribution in [1.29, 1.82) is 0 Å². The van der Waals surface area contributed by atoms with Gasteiger partial charge in [-0.2, -0.15) is 0 Å². The quantitative estimate of drug-likeness (QED) is 0.899. The van der Waals surface area contributed by atoms with Gasteiger partial charge in [0.1, 0.15) is 5.82 Å². The second-order valence-corrected chi connectivity index (χ2v) is 5.77. The van der Waals surface area contributed by atoms with Gasteiger partial charge in [0, 0.05) is 31.7 Å². The van der Waals surface area contributed by atoms with Crippen molar-refractivity contribution in [2.24, 2.45) is 11.7 Å². The molecule has 0 aromatic heterocycles. The minimum Gasteiger partial charge on any atom is -0.329 e. The average Bonchev–Trinajstić information content (AvgIpc) is 2.75. The third kappa shape index (κ3) is 3.14. The van der Waals surface area contributed by atoms with Crippen LogP contribution in [0, 0.1) is 11.7 Å². The lowest BCUT2D eigenvalue weighted by Gasteiger charge is -2.28. The first kappa shape index (κ1) is 14.4. The molecule has 0 aliphatic carbocycles. The third-order valence-electron chi connectivity index (χ3n) is 4.18. The minimum atomic E-state index is -0.194. The lowest BCUT2D eigenvalue weighted by Crippen LogP contribution is -2.36. The highest BCUT2D eigenvalue weighted by molar-refractivity contribution is 5.21. The van der Waals surface area contributed by atoms with Gasteiger partial charge in [-0.1, -0.05) is 19.1 Å². The Kier molecular flexibility index (Phi) is 4.55. The standard InChI is InChI=1S/C15H24FN3/c1-11-9-19(10-15(11)18(2)3)14(8-17)12-4-6-13(16)7-5-12/h4-7,11,14-15H,8-10,17H2,1-3H3. The molecule has 1 aromatic rings. The first-order valence-electron chi connectivity index (χ1n) is 6.89. The SMILES string of the molecule is CC1CN(C(CN)c2ccc(F)cc2)CC1N(C)C. The smallest absolute Gasteiger partial charge is 0.123 e. The van der Waals surface area contributed by atoms with Crippen molar-refractivity contribution in [3.8, 4) is 0 Å². The monoisotopic (exact) mass is 265 g/mol. The molecule has 19 heavy (non-hydrogen) atoms. The van der Waals surface area contributed by atoms with Gasteiger partial charge in [0.05, 0.1) is 0 Å². The van der Waals surface area contributed by atoms with Crippen LogP contribution in [0.1, 0.15) is 18.5 Å². The number of hydrogen-bond donors (Lipinski definition) is 1. The molecule has 1 aromatic carbocycles. The van der Waals surface area contributed by atoms with E-state index in [0.29, 0.717) is 18.5 Å². The van der Waals surface area contributed by atoms with Crippen LogP contribution in [0.5, 0.6) is 0 Å². The first-order chi connectivity index (χ1) is 9.02. The molecule has 0 amide bonds. The zero-order valence-electron chi connectivity index (χ0n) is 12.0. The summed E-state index contributed by atoms with van der Waals surface area (Å²) in [7, 11) is 4.25. The normalized spacial score (nSPS) is 26.0. The van der Waals surface area contributed by atoms with Crippen LogP contribution in [0.3, 0.4) is 0 Å². The van der Waals surface area contributed by atoms with Crippen LogP contribution >= 0.6 is 0 Å². The van der Waals surface area contributed by atoms with Crippen LogP contribution in [0.25, 0.3) is 0 Å². The number of likely N-dealkylation sites (tertiary alicyclic amines) is 1. The fourth-order valence-electron chi connectivity index (χ4n) is 3.09. The summed E-state index contributed by atoms with van der Waals surface area (Å²) in [6.07, 6.45) is 0. The fraction of sp³-hybridized carbons (Fsp3) is 0.600. The Hall–Kier alpha value is -0.970. The van der Waals surface area contributed by atoms with E-state index in [1.165, 1.54) is 12.1 Å². The Balaban J connectivity index is 2.13. The molecular weight excluding hydrogens is 241 g/mol. The number of halogens is 1. The molecule has 1 aliphatic heterocycles. The van der Waals surface area contributed by atoms with E-state index in [1.807, 2.05) is 12.1 Å². The average molecular weight is 265 g/mol. The van der Waals surface area contributed by atoms with E-state index in [-0.39, 0.29) is 11.9 Å². The molecule has 0 saturated carbocycles. The molecule has 3 nitrogen and oxygen atoms in total. The molecule has 1 saturated heterocycles. The van der Waals surface area contributed by atoms with Crippen molar-refractivity contribution in [2.45, 2.75) is 19.0 Å². The Bertz CT molecular complexity index is 404. The van der Waals surface area contributed by atoms with E-state index in [0.717, 1.165) is 18.7 Å². The zero-order valence-corrected chi connectivity index (χ0v) is 12.0. The molecule has 0 spiro atoms. The summed E-state index contributed by atoms with van der Waals surface area (Å²) in [4.78, 5) is 4.70. The lowest BCUT2D eigenvalue weighted by molar-refractivity contribution is 0.219. The number of nitrogens with zero attached hydrogens (tertiary/aromatic N) is 2. The molecule has 3 atom stereocenters. The fourth-order valence-corrected chi connectivity index (χ4v) is 3.09. The summed E-state index contributed by atoms with van der Waals surface area (Å²) in [5.41, 5.74) is 7.05. The van der Waals surface area contributed by atoms with E-state index in [4.69, 9.17) is 5.73 Å². The molecule has 1 heterocycles. The molecule has 4 heteroatoms. The van der Waals surface area contributed by atoms with Crippen molar-refractivity contribution in [3.63, 3.8) is 0 Å².